The van der Waals surface area contributed by atoms with Crippen molar-refractivity contribution in [3.63, 3.8) is 0 Å². The number of aliphatic hydroxyl groups excluding tert-OH is 1. The van der Waals surface area contributed by atoms with Crippen molar-refractivity contribution < 1.29 is 14.6 Å². The molecule has 0 aliphatic carbocycles. The minimum absolute atomic E-state index is 0.0331. The number of hydrogen-bond donors (Lipinski definition) is 1. The summed E-state index contributed by atoms with van der Waals surface area (Å²) in [4.78, 5) is 0. The first-order chi connectivity index (χ1) is 21.9. The number of ether oxygens (including phenoxy) is 2. The van der Waals surface area contributed by atoms with Crippen molar-refractivity contribution in [1.29, 1.82) is 0 Å². The lowest BCUT2D eigenvalue weighted by Gasteiger charge is -2.14. The molecule has 0 aromatic carbocycles. The van der Waals surface area contributed by atoms with Crippen molar-refractivity contribution in [3.8, 4) is 0 Å². The van der Waals surface area contributed by atoms with Gasteiger partial charge in [-0.2, -0.15) is 0 Å². The van der Waals surface area contributed by atoms with Gasteiger partial charge >= 0.3 is 0 Å². The maximum Gasteiger partial charge on any atom is 0.104 e. The maximum absolute atomic E-state index is 9.72. The van der Waals surface area contributed by atoms with Gasteiger partial charge in [0.05, 0.1) is 26.4 Å². The monoisotopic (exact) mass is 637 g/mol. The predicted molar refractivity (Wildman–Crippen MR) is 204 cm³/mol. The Labute approximate surface area is 286 Å². The van der Waals surface area contributed by atoms with Crippen LogP contribution in [0.2, 0.25) is 0 Å². The lowest BCUT2D eigenvalue weighted by atomic mass is 10.0. The molecular formula is C43H72O3. The second kappa shape index (κ2) is 29.0. The Morgan fingerprint density at radius 3 is 1.07 bits per heavy atom. The Kier molecular flexibility index (Phi) is 27.6. The summed E-state index contributed by atoms with van der Waals surface area (Å²) in [5, 5.41) is 9.72. The van der Waals surface area contributed by atoms with Crippen molar-refractivity contribution in [1.82, 2.24) is 0 Å². The fraction of sp³-hybridized carbons (Fsp3) is 0.628. The van der Waals surface area contributed by atoms with Crippen molar-refractivity contribution in [3.05, 3.63) is 93.2 Å². The third-order valence-corrected chi connectivity index (χ3v) is 8.13. The SMILES string of the molecule is CC(C)=CCCC(C)=CCCC(C)=CCCC(C)=CCOCC(CO)OCC=C(C)CCC=C(C)CCC=C(C)CCC=C(C)C. The molecule has 46 heavy (non-hydrogen) atoms. The van der Waals surface area contributed by atoms with Crippen LogP contribution in [0.25, 0.3) is 0 Å². The van der Waals surface area contributed by atoms with Crippen LogP contribution in [-0.2, 0) is 9.47 Å². The highest BCUT2D eigenvalue weighted by atomic mass is 16.5. The predicted octanol–water partition coefficient (Wildman–Crippen LogP) is 12.7. The van der Waals surface area contributed by atoms with E-state index in [-0.39, 0.29) is 12.7 Å². The van der Waals surface area contributed by atoms with Crippen molar-refractivity contribution in [2.24, 2.45) is 0 Å². The molecule has 0 spiro atoms. The molecule has 0 aromatic rings. The molecule has 0 amide bonds. The van der Waals surface area contributed by atoms with Gasteiger partial charge in [-0.1, -0.05) is 93.2 Å². The first-order valence-electron chi connectivity index (χ1n) is 17.9. The molecule has 3 nitrogen and oxygen atoms in total. The molecule has 0 aliphatic rings. The minimum Gasteiger partial charge on any atom is -0.394 e. The van der Waals surface area contributed by atoms with E-state index in [1.807, 2.05) is 0 Å². The molecule has 0 rings (SSSR count). The molecule has 0 aromatic heterocycles. The summed E-state index contributed by atoms with van der Waals surface area (Å²) in [7, 11) is 0. The van der Waals surface area contributed by atoms with E-state index in [1.54, 1.807) is 0 Å². The van der Waals surface area contributed by atoms with Gasteiger partial charge in [-0.15, -0.1) is 0 Å². The Hall–Kier alpha value is -2.20. The molecule has 1 atom stereocenters. The van der Waals surface area contributed by atoms with E-state index in [0.717, 1.165) is 77.0 Å². The van der Waals surface area contributed by atoms with E-state index >= 15 is 0 Å². The van der Waals surface area contributed by atoms with E-state index in [1.165, 1.54) is 44.6 Å². The molecule has 1 N–H and O–H groups in total. The van der Waals surface area contributed by atoms with Crippen LogP contribution in [0.1, 0.15) is 146 Å². The normalized spacial score (nSPS) is 14.5. The smallest absolute Gasteiger partial charge is 0.104 e. The number of rotatable bonds is 26. The third-order valence-electron chi connectivity index (χ3n) is 8.13. The largest absolute Gasteiger partial charge is 0.394 e. The summed E-state index contributed by atoms with van der Waals surface area (Å²) in [6.07, 6.45) is 31.5. The molecule has 0 heterocycles. The molecular weight excluding hydrogens is 564 g/mol. The minimum atomic E-state index is -0.297. The van der Waals surface area contributed by atoms with E-state index < -0.39 is 0 Å². The average Bonchev–Trinajstić information content (AvgIpc) is 2.98. The van der Waals surface area contributed by atoms with E-state index in [0.29, 0.717) is 19.8 Å². The summed E-state index contributed by atoms with van der Waals surface area (Å²) in [6, 6.07) is 0. The zero-order chi connectivity index (χ0) is 34.6. The van der Waals surface area contributed by atoms with Crippen molar-refractivity contribution in [2.75, 3.05) is 26.4 Å². The first kappa shape index (κ1) is 43.8. The Balaban J connectivity index is 4.20. The molecule has 1 unspecified atom stereocenters. The number of hydrogen-bond acceptors (Lipinski definition) is 3. The summed E-state index contributed by atoms with van der Waals surface area (Å²) >= 11 is 0. The van der Waals surface area contributed by atoms with E-state index in [4.69, 9.17) is 9.47 Å². The van der Waals surface area contributed by atoms with Gasteiger partial charge in [-0.25, -0.2) is 0 Å². The molecule has 0 radical (unpaired) electrons. The molecule has 0 aliphatic heterocycles. The number of aliphatic hydroxyl groups is 1. The zero-order valence-electron chi connectivity index (χ0n) is 31.8. The van der Waals surface area contributed by atoms with Gasteiger partial charge < -0.3 is 14.6 Å². The van der Waals surface area contributed by atoms with Crippen LogP contribution in [0, 0.1) is 0 Å². The van der Waals surface area contributed by atoms with Crippen LogP contribution in [0.4, 0.5) is 0 Å². The molecule has 0 saturated heterocycles. The highest BCUT2D eigenvalue weighted by molar-refractivity contribution is 5.08. The Morgan fingerprint density at radius 2 is 0.739 bits per heavy atom. The highest BCUT2D eigenvalue weighted by Crippen LogP contribution is 2.15. The number of allylic oxidation sites excluding steroid dienone is 14. The fourth-order valence-electron chi connectivity index (χ4n) is 4.86. The van der Waals surface area contributed by atoms with Crippen molar-refractivity contribution in [2.45, 2.75) is 152 Å². The van der Waals surface area contributed by atoms with Crippen LogP contribution in [0.3, 0.4) is 0 Å². The van der Waals surface area contributed by atoms with Crippen LogP contribution in [-0.4, -0.2) is 37.6 Å². The fourth-order valence-corrected chi connectivity index (χ4v) is 4.86. The van der Waals surface area contributed by atoms with Gasteiger partial charge in [0.15, 0.2) is 0 Å². The van der Waals surface area contributed by atoms with Crippen LogP contribution in [0.5, 0.6) is 0 Å². The molecule has 3 heteroatoms. The molecule has 262 valence electrons. The highest BCUT2D eigenvalue weighted by Gasteiger charge is 2.07. The Bertz CT molecular complexity index is 1050. The average molecular weight is 637 g/mol. The van der Waals surface area contributed by atoms with Gasteiger partial charge in [0, 0.05) is 0 Å². The zero-order valence-corrected chi connectivity index (χ0v) is 31.8. The third kappa shape index (κ3) is 29.2. The Morgan fingerprint density at radius 1 is 0.435 bits per heavy atom. The first-order valence-corrected chi connectivity index (χ1v) is 17.9. The second-order valence-corrected chi connectivity index (χ2v) is 13.8. The molecule has 0 saturated carbocycles. The molecule has 0 fully saturated rings. The quantitative estimate of drug-likeness (QED) is 0.0758. The van der Waals surface area contributed by atoms with E-state index in [9.17, 15) is 5.11 Å². The summed E-state index contributed by atoms with van der Waals surface area (Å²) < 4.78 is 11.7. The lowest BCUT2D eigenvalue weighted by Crippen LogP contribution is -2.24. The van der Waals surface area contributed by atoms with E-state index in [2.05, 4.69) is 118 Å². The maximum atomic E-state index is 9.72. The van der Waals surface area contributed by atoms with Gasteiger partial charge in [0.25, 0.3) is 0 Å². The van der Waals surface area contributed by atoms with Gasteiger partial charge in [0.2, 0.25) is 0 Å². The summed E-state index contributed by atoms with van der Waals surface area (Å²) in [5.74, 6) is 0. The van der Waals surface area contributed by atoms with Crippen LogP contribution < -0.4 is 0 Å². The summed E-state index contributed by atoms with van der Waals surface area (Å²) in [5.41, 5.74) is 11.4. The standard InChI is InChI=1S/C43H72O3/c1-35(2)17-11-19-37(5)21-13-23-39(7)25-15-27-41(9)29-31-45-34-43(33-44)46-32-30-42(10)28-16-26-40(8)24-14-22-38(6)20-12-18-36(3)4/h17-18,21-22,25-26,29-30,43-44H,11-16,19-20,23-24,27-28,31-34H2,1-10H3. The second-order valence-electron chi connectivity index (χ2n) is 13.8. The molecule has 0 bridgehead atoms. The van der Waals surface area contributed by atoms with Crippen molar-refractivity contribution >= 4 is 0 Å². The topological polar surface area (TPSA) is 38.7 Å². The van der Waals surface area contributed by atoms with Gasteiger partial charge in [0.1, 0.15) is 6.10 Å². The van der Waals surface area contributed by atoms with Gasteiger partial charge in [-0.3, -0.25) is 0 Å². The summed E-state index contributed by atoms with van der Waals surface area (Å²) in [6.45, 7) is 23.4. The van der Waals surface area contributed by atoms with Crippen LogP contribution >= 0.6 is 0 Å². The van der Waals surface area contributed by atoms with Crippen LogP contribution in [0.15, 0.2) is 93.2 Å². The lowest BCUT2D eigenvalue weighted by molar-refractivity contribution is -0.0272. The van der Waals surface area contributed by atoms with Gasteiger partial charge in [-0.05, 0) is 146 Å².